The van der Waals surface area contributed by atoms with Crippen LogP contribution in [-0.2, 0) is 27.9 Å². The lowest BCUT2D eigenvalue weighted by atomic mass is 9.85. The van der Waals surface area contributed by atoms with Crippen LogP contribution in [0.25, 0.3) is 0 Å². The van der Waals surface area contributed by atoms with E-state index in [9.17, 15) is 13.2 Å². The normalized spacial score (nSPS) is 16.0. The van der Waals surface area contributed by atoms with E-state index in [4.69, 9.17) is 14.0 Å². The average Bonchev–Trinajstić information content (AvgIpc) is 3.26. The van der Waals surface area contributed by atoms with Gasteiger partial charge in [-0.1, -0.05) is 23.7 Å². The van der Waals surface area contributed by atoms with Gasteiger partial charge in [0.05, 0.1) is 24.2 Å². The van der Waals surface area contributed by atoms with Crippen molar-refractivity contribution in [3.05, 3.63) is 59.7 Å². The van der Waals surface area contributed by atoms with Gasteiger partial charge in [0.15, 0.2) is 12.4 Å². The van der Waals surface area contributed by atoms with Crippen molar-refractivity contribution in [2.45, 2.75) is 43.2 Å². The molecule has 11 heteroatoms. The van der Waals surface area contributed by atoms with Crippen LogP contribution in [0.3, 0.4) is 0 Å². The number of sulfonamides is 1. The summed E-state index contributed by atoms with van der Waals surface area (Å²) in [6, 6.07) is 11.5. The lowest BCUT2D eigenvalue weighted by Crippen LogP contribution is -2.38. The Balaban J connectivity index is 1.35. The molecule has 0 atom stereocenters. The summed E-state index contributed by atoms with van der Waals surface area (Å²) in [5.41, 5.74) is 1.13. The molecule has 34 heavy (non-hydrogen) atoms. The van der Waals surface area contributed by atoms with Crippen molar-refractivity contribution in [1.29, 1.82) is 0 Å². The number of hydrogen-bond acceptors (Lipinski definition) is 8. The van der Waals surface area contributed by atoms with Gasteiger partial charge in [0.2, 0.25) is 15.9 Å². The van der Waals surface area contributed by atoms with E-state index in [1.807, 2.05) is 0 Å². The van der Waals surface area contributed by atoms with Crippen molar-refractivity contribution in [3.63, 3.8) is 0 Å². The maximum atomic E-state index is 13.0. The number of rotatable bonds is 8. The molecule has 1 amide bonds. The van der Waals surface area contributed by atoms with Crippen LogP contribution in [-0.4, -0.2) is 38.2 Å². The van der Waals surface area contributed by atoms with Crippen molar-refractivity contribution in [3.8, 4) is 11.5 Å². The molecule has 2 heterocycles. The average molecular weight is 485 g/mol. The molecule has 0 spiro atoms. The third kappa shape index (κ3) is 4.48. The van der Waals surface area contributed by atoms with Crippen LogP contribution in [0, 0.1) is 0 Å². The van der Waals surface area contributed by atoms with Crippen molar-refractivity contribution >= 4 is 21.6 Å². The monoisotopic (exact) mass is 484 g/mol. The van der Waals surface area contributed by atoms with E-state index in [0.717, 1.165) is 24.8 Å². The fourth-order valence-electron chi connectivity index (χ4n) is 3.82. The first kappa shape index (κ1) is 22.4. The number of nitrogens with one attached hydrogen (secondary N) is 1. The van der Waals surface area contributed by atoms with Gasteiger partial charge >= 0.3 is 0 Å². The molecule has 1 aliphatic carbocycles. The first-order valence-electron chi connectivity index (χ1n) is 11.0. The molecule has 0 saturated heterocycles. The van der Waals surface area contributed by atoms with E-state index in [1.54, 1.807) is 37.4 Å². The van der Waals surface area contributed by atoms with Gasteiger partial charge in [0.25, 0.3) is 5.91 Å². The Kier molecular flexibility index (Phi) is 5.96. The van der Waals surface area contributed by atoms with Gasteiger partial charge in [-0.3, -0.25) is 9.69 Å². The minimum absolute atomic E-state index is 0.0198. The molecular formula is C23H24N4O6S. The molecule has 1 aliphatic heterocycles. The minimum Gasteiger partial charge on any atom is -0.497 e. The molecule has 2 aliphatic rings. The molecule has 1 N–H and O–H groups in total. The summed E-state index contributed by atoms with van der Waals surface area (Å²) in [6.45, 7) is 0.0195. The van der Waals surface area contributed by atoms with Crippen LogP contribution >= 0.6 is 0 Å². The lowest BCUT2D eigenvalue weighted by molar-refractivity contribution is -0.121. The topological polar surface area (TPSA) is 124 Å². The number of benzene rings is 2. The van der Waals surface area contributed by atoms with Crippen molar-refractivity contribution in [2.24, 2.45) is 0 Å². The van der Waals surface area contributed by atoms with Gasteiger partial charge in [0, 0.05) is 12.5 Å². The summed E-state index contributed by atoms with van der Waals surface area (Å²) in [6.07, 6.45) is 3.18. The smallest absolute Gasteiger partial charge is 0.265 e. The van der Waals surface area contributed by atoms with E-state index in [-0.39, 0.29) is 36.4 Å². The summed E-state index contributed by atoms with van der Waals surface area (Å²) in [4.78, 5) is 18.5. The van der Waals surface area contributed by atoms with Crippen molar-refractivity contribution < 1.29 is 27.2 Å². The number of carbonyl (C=O) groups excluding carboxylic acids is 1. The van der Waals surface area contributed by atoms with Crippen LogP contribution in [0.15, 0.2) is 51.9 Å². The molecule has 3 aromatic rings. The fourth-order valence-corrected chi connectivity index (χ4v) is 4.86. The van der Waals surface area contributed by atoms with E-state index < -0.39 is 10.0 Å². The standard InChI is InChI=1S/C23H24N4O6S/c1-31-17-7-5-15(6-8-17)12-24-34(29,30)18-9-10-20-19(11-18)27(22(28)14-32-20)13-21-25-23(33-26-21)16-3-2-4-16/h5-11,16,24H,2-4,12-14H2,1H3. The van der Waals surface area contributed by atoms with Crippen LogP contribution in [0.2, 0.25) is 0 Å². The fraction of sp³-hybridized carbons (Fsp3) is 0.348. The van der Waals surface area contributed by atoms with Gasteiger partial charge in [-0.05, 0) is 48.7 Å². The maximum Gasteiger partial charge on any atom is 0.265 e. The number of anilines is 1. The Labute approximate surface area is 196 Å². The Morgan fingerprint density at radius 3 is 2.68 bits per heavy atom. The quantitative estimate of drug-likeness (QED) is 0.518. The largest absolute Gasteiger partial charge is 0.497 e. The molecule has 0 unspecified atom stereocenters. The summed E-state index contributed by atoms with van der Waals surface area (Å²) in [5.74, 6) is 2.02. The zero-order valence-corrected chi connectivity index (χ0v) is 19.4. The molecule has 1 fully saturated rings. The maximum absolute atomic E-state index is 13.0. The summed E-state index contributed by atoms with van der Waals surface area (Å²) in [5, 5.41) is 4.01. The highest BCUT2D eigenvalue weighted by molar-refractivity contribution is 7.89. The van der Waals surface area contributed by atoms with Crippen molar-refractivity contribution in [2.75, 3.05) is 18.6 Å². The number of hydrogen-bond donors (Lipinski definition) is 1. The molecule has 0 bridgehead atoms. The van der Waals surface area contributed by atoms with E-state index in [0.29, 0.717) is 28.9 Å². The Morgan fingerprint density at radius 1 is 1.18 bits per heavy atom. The molecule has 1 aromatic heterocycles. The summed E-state index contributed by atoms with van der Waals surface area (Å²) in [7, 11) is -2.28. The predicted molar refractivity (Wildman–Crippen MR) is 121 cm³/mol. The molecular weight excluding hydrogens is 460 g/mol. The Morgan fingerprint density at radius 2 is 1.97 bits per heavy atom. The predicted octanol–water partition coefficient (Wildman–Crippen LogP) is 2.75. The van der Waals surface area contributed by atoms with E-state index >= 15 is 0 Å². The number of methoxy groups -OCH3 is 1. The SMILES string of the molecule is COc1ccc(CNS(=O)(=O)c2ccc3c(c2)N(Cc2noc(C4CCC4)n2)C(=O)CO3)cc1. The first-order chi connectivity index (χ1) is 16.4. The number of nitrogens with zero attached hydrogens (tertiary/aromatic N) is 3. The Bertz CT molecular complexity index is 1300. The molecule has 178 valence electrons. The number of carbonyl (C=O) groups is 1. The van der Waals surface area contributed by atoms with Gasteiger partial charge in [-0.25, -0.2) is 13.1 Å². The number of amides is 1. The van der Waals surface area contributed by atoms with Crippen LogP contribution in [0.5, 0.6) is 11.5 Å². The molecule has 5 rings (SSSR count). The highest BCUT2D eigenvalue weighted by atomic mass is 32.2. The Hall–Kier alpha value is -3.44. The van der Waals surface area contributed by atoms with Gasteiger partial charge < -0.3 is 14.0 Å². The van der Waals surface area contributed by atoms with Crippen LogP contribution < -0.4 is 19.1 Å². The lowest BCUT2D eigenvalue weighted by Gasteiger charge is -2.28. The first-order valence-corrected chi connectivity index (χ1v) is 12.4. The minimum atomic E-state index is -3.85. The molecule has 0 radical (unpaired) electrons. The van der Waals surface area contributed by atoms with E-state index in [2.05, 4.69) is 14.9 Å². The van der Waals surface area contributed by atoms with Gasteiger partial charge in [0.1, 0.15) is 11.5 Å². The molecule has 2 aromatic carbocycles. The van der Waals surface area contributed by atoms with Gasteiger partial charge in [-0.2, -0.15) is 4.98 Å². The summed E-state index contributed by atoms with van der Waals surface area (Å²) >= 11 is 0. The second-order valence-corrected chi connectivity index (χ2v) is 10.0. The second-order valence-electron chi connectivity index (χ2n) is 8.25. The summed E-state index contributed by atoms with van der Waals surface area (Å²) < 4.78 is 44.5. The number of ether oxygens (including phenoxy) is 2. The third-order valence-corrected chi connectivity index (χ3v) is 7.45. The zero-order chi connectivity index (χ0) is 23.7. The highest BCUT2D eigenvalue weighted by Gasteiger charge is 2.30. The second kappa shape index (κ2) is 9.07. The molecule has 10 nitrogen and oxygen atoms in total. The van der Waals surface area contributed by atoms with Crippen molar-refractivity contribution in [1.82, 2.24) is 14.9 Å². The highest BCUT2D eigenvalue weighted by Crippen LogP contribution is 2.37. The van der Waals surface area contributed by atoms with Gasteiger partial charge in [-0.15, -0.1) is 0 Å². The van der Waals surface area contributed by atoms with Crippen LogP contribution in [0.4, 0.5) is 5.69 Å². The van der Waals surface area contributed by atoms with E-state index in [1.165, 1.54) is 17.0 Å². The molecule has 1 saturated carbocycles. The zero-order valence-electron chi connectivity index (χ0n) is 18.6. The number of fused-ring (bicyclic) bond motifs is 1. The van der Waals surface area contributed by atoms with Crippen LogP contribution in [0.1, 0.15) is 42.5 Å². The third-order valence-electron chi connectivity index (χ3n) is 6.05. The number of aromatic nitrogens is 2.